The van der Waals surface area contributed by atoms with Crippen molar-refractivity contribution >= 4 is 43.1 Å². The molecule has 0 saturated carbocycles. The summed E-state index contributed by atoms with van der Waals surface area (Å²) >= 11 is 0. The Morgan fingerprint density at radius 1 is 0.292 bits per heavy atom. The third-order valence-corrected chi connectivity index (χ3v) is 9.50. The Balaban J connectivity index is 1.40. The van der Waals surface area contributed by atoms with Crippen LogP contribution in [0.3, 0.4) is 0 Å². The molecular weight excluding hydrogens is 577 g/mol. The van der Waals surface area contributed by atoms with Crippen LogP contribution >= 0.6 is 0 Å². The van der Waals surface area contributed by atoms with Gasteiger partial charge in [-0.1, -0.05) is 170 Å². The van der Waals surface area contributed by atoms with Crippen LogP contribution in [0.4, 0.5) is 0 Å². The smallest absolute Gasteiger partial charge is 0.0327 e. The quantitative estimate of drug-likeness (QED) is 0.139. The van der Waals surface area contributed by atoms with Crippen molar-refractivity contribution < 1.29 is 0 Å². The molecule has 0 N–H and O–H groups in total. The van der Waals surface area contributed by atoms with E-state index in [0.29, 0.717) is 0 Å². The van der Waals surface area contributed by atoms with Gasteiger partial charge in [-0.05, 0) is 101 Å². The van der Waals surface area contributed by atoms with Gasteiger partial charge >= 0.3 is 0 Å². The number of fused-ring (bicyclic) bond motifs is 4. The van der Waals surface area contributed by atoms with Crippen molar-refractivity contribution in [3.63, 3.8) is 0 Å². The van der Waals surface area contributed by atoms with Gasteiger partial charge in [-0.2, -0.15) is 0 Å². The maximum Gasteiger partial charge on any atom is 0.0327 e. The Bertz CT molecular complexity index is 2710. The van der Waals surface area contributed by atoms with Crippen LogP contribution in [0.2, 0.25) is 0 Å². The van der Waals surface area contributed by atoms with E-state index in [1.54, 1.807) is 0 Å². The fraction of sp³-hybridized carbons (Fsp3) is 0. The summed E-state index contributed by atoms with van der Waals surface area (Å²) in [6.45, 7) is 0. The summed E-state index contributed by atoms with van der Waals surface area (Å²) in [5, 5.41) is 9.97. The zero-order valence-corrected chi connectivity index (χ0v) is 26.3. The summed E-state index contributed by atoms with van der Waals surface area (Å²) in [4.78, 5) is 0. The van der Waals surface area contributed by atoms with E-state index >= 15 is 0 Å². The lowest BCUT2D eigenvalue weighted by atomic mass is 9.82. The molecule has 9 rings (SSSR count). The van der Waals surface area contributed by atoms with Crippen LogP contribution in [-0.2, 0) is 0 Å². The predicted octanol–water partition coefficient (Wildman–Crippen LogP) is 12.7. The molecule has 0 aliphatic carbocycles. The van der Waals surface area contributed by atoms with E-state index in [9.17, 15) is 0 Å². The first-order valence-corrected chi connectivity index (χ1v) is 16.4. The van der Waals surface area contributed by atoms with Gasteiger partial charge in [0.15, 0.2) is 0 Å². The Hall–Kier alpha value is -6.42. The number of hydrogen-bond donors (Lipinski definition) is 0. The molecule has 0 aliphatic rings. The molecule has 0 amide bonds. The first kappa shape index (κ1) is 27.9. The van der Waals surface area contributed by atoms with Crippen molar-refractivity contribution in [2.24, 2.45) is 0 Å². The monoisotopic (exact) mass is 606 g/mol. The molecule has 0 heterocycles. The Morgan fingerprint density at radius 2 is 0.771 bits per heavy atom. The summed E-state index contributed by atoms with van der Waals surface area (Å²) in [5.41, 5.74) is 9.33. The van der Waals surface area contributed by atoms with Crippen molar-refractivity contribution in [1.29, 1.82) is 0 Å². The second-order valence-corrected chi connectivity index (χ2v) is 12.3. The molecule has 0 saturated heterocycles. The van der Waals surface area contributed by atoms with E-state index in [1.807, 2.05) is 18.2 Å². The van der Waals surface area contributed by atoms with E-state index in [4.69, 9.17) is 0 Å². The van der Waals surface area contributed by atoms with Crippen molar-refractivity contribution in [1.82, 2.24) is 0 Å². The lowest BCUT2D eigenvalue weighted by molar-refractivity contribution is 1.59. The normalized spacial score (nSPS) is 11.2. The van der Waals surface area contributed by atoms with Gasteiger partial charge in [0.05, 0.1) is 0 Å². The van der Waals surface area contributed by atoms with Gasteiger partial charge in [0.2, 0.25) is 0 Å². The van der Waals surface area contributed by atoms with Crippen LogP contribution < -0.4 is 0 Å². The first-order chi connectivity index (χ1) is 23.8. The highest BCUT2D eigenvalue weighted by Crippen LogP contribution is 2.47. The molecule has 0 aliphatic heterocycles. The Kier molecular flexibility index (Phi) is 6.81. The van der Waals surface area contributed by atoms with Crippen molar-refractivity contribution in [2.75, 3.05) is 0 Å². The largest absolute Gasteiger partial charge is 0.0622 e. The van der Waals surface area contributed by atoms with Gasteiger partial charge in [-0.15, -0.1) is 0 Å². The summed E-state index contributed by atoms with van der Waals surface area (Å²) in [6, 6.07) is 65.5. The molecule has 0 radical (unpaired) electrons. The lowest BCUT2D eigenvalue weighted by Crippen LogP contribution is -1.93. The van der Waals surface area contributed by atoms with Gasteiger partial charge in [0, 0.05) is 11.1 Å². The van der Waals surface area contributed by atoms with Crippen LogP contribution in [0.5, 0.6) is 0 Å². The number of hydrogen-bond acceptors (Lipinski definition) is 0. The molecule has 9 aromatic rings. The van der Waals surface area contributed by atoms with E-state index < -0.39 is 0 Å². The lowest BCUT2D eigenvalue weighted by Gasteiger charge is -2.20. The molecular formula is C48H30. The average Bonchev–Trinajstić information content (AvgIpc) is 3.16. The summed E-state index contributed by atoms with van der Waals surface area (Å²) in [6.07, 6.45) is 0. The zero-order valence-electron chi connectivity index (χ0n) is 26.3. The van der Waals surface area contributed by atoms with Crippen molar-refractivity contribution in [3.8, 4) is 45.2 Å². The second-order valence-electron chi connectivity index (χ2n) is 12.3. The van der Waals surface area contributed by atoms with Gasteiger partial charge in [0.1, 0.15) is 0 Å². The van der Waals surface area contributed by atoms with Crippen molar-refractivity contribution in [2.45, 2.75) is 0 Å². The number of rotatable bonds is 3. The third-order valence-electron chi connectivity index (χ3n) is 9.50. The Labute approximate surface area is 280 Å². The minimum atomic E-state index is 1.01. The molecule has 0 fully saturated rings. The summed E-state index contributed by atoms with van der Waals surface area (Å²) < 4.78 is 0. The zero-order chi connectivity index (χ0) is 31.9. The van der Waals surface area contributed by atoms with Crippen LogP contribution in [0.25, 0.3) is 76.5 Å². The van der Waals surface area contributed by atoms with Gasteiger partial charge in [0.25, 0.3) is 0 Å². The van der Waals surface area contributed by atoms with Crippen LogP contribution in [0.15, 0.2) is 182 Å². The topological polar surface area (TPSA) is 0 Å². The maximum atomic E-state index is 3.48. The fourth-order valence-corrected chi connectivity index (χ4v) is 7.32. The first-order valence-electron chi connectivity index (χ1n) is 16.4. The highest BCUT2D eigenvalue weighted by Gasteiger charge is 2.20. The fourth-order valence-electron chi connectivity index (χ4n) is 7.32. The van der Waals surface area contributed by atoms with E-state index in [-0.39, 0.29) is 0 Å². The van der Waals surface area contributed by atoms with Gasteiger partial charge in [-0.3, -0.25) is 0 Å². The van der Waals surface area contributed by atoms with E-state index in [0.717, 1.165) is 22.3 Å². The molecule has 222 valence electrons. The average molecular weight is 607 g/mol. The predicted molar refractivity (Wildman–Crippen MR) is 205 cm³/mol. The van der Waals surface area contributed by atoms with E-state index in [1.165, 1.54) is 65.3 Å². The molecule has 0 unspecified atom stereocenters. The third kappa shape index (κ3) is 4.73. The van der Waals surface area contributed by atoms with Gasteiger partial charge in [-0.25, -0.2) is 0 Å². The van der Waals surface area contributed by atoms with E-state index in [2.05, 4.69) is 176 Å². The van der Waals surface area contributed by atoms with Crippen LogP contribution in [0, 0.1) is 11.8 Å². The molecule has 0 spiro atoms. The summed E-state index contributed by atoms with van der Waals surface area (Å²) in [7, 11) is 0. The highest BCUT2D eigenvalue weighted by atomic mass is 14.2. The molecule has 9 aromatic carbocycles. The number of benzene rings is 9. The van der Waals surface area contributed by atoms with Gasteiger partial charge < -0.3 is 0 Å². The molecule has 0 atom stereocenters. The summed E-state index contributed by atoms with van der Waals surface area (Å²) in [5.74, 6) is 6.87. The van der Waals surface area contributed by atoms with Crippen molar-refractivity contribution in [3.05, 3.63) is 193 Å². The van der Waals surface area contributed by atoms with Crippen LogP contribution in [0.1, 0.15) is 11.1 Å². The molecule has 0 bridgehead atoms. The minimum Gasteiger partial charge on any atom is -0.0622 e. The SMILES string of the molecule is C(#Cc1ccccc1-c1ccc2c(-c3cccc4ccccc34)c3ccccc3c(-c3cccc4ccccc34)c2c1)c1ccccc1. The molecule has 0 aromatic heterocycles. The highest BCUT2D eigenvalue weighted by molar-refractivity contribution is 6.25. The molecule has 0 heteroatoms. The standard InChI is InChI=1S/C48H30/c1-2-14-33(15-3-1)28-29-36-18-4-7-21-38(36)37-30-31-45-46(32-37)48(42-27-13-20-35-17-6-9-23-40(35)42)44-25-11-10-24-43(44)47(45)41-26-12-19-34-16-5-8-22-39(34)41/h1-27,30-32H. The molecule has 0 nitrogen and oxygen atoms in total. The Morgan fingerprint density at radius 3 is 1.44 bits per heavy atom. The molecule has 48 heavy (non-hydrogen) atoms. The second kappa shape index (κ2) is 11.7. The minimum absolute atomic E-state index is 1.01. The maximum absolute atomic E-state index is 3.48. The van der Waals surface area contributed by atoms with Crippen LogP contribution in [-0.4, -0.2) is 0 Å².